The van der Waals surface area contributed by atoms with E-state index in [2.05, 4.69) is 11.4 Å². The molecule has 1 fully saturated rings. The van der Waals surface area contributed by atoms with E-state index in [-0.39, 0.29) is 11.7 Å². The molecule has 5 nitrogen and oxygen atoms in total. The minimum atomic E-state index is -0.462. The molecular weight excluding hydrogens is 433 g/mol. The first-order valence-electron chi connectivity index (χ1n) is 11.5. The fraction of sp³-hybridized carbons (Fsp3) is 0.250. The van der Waals surface area contributed by atoms with Crippen molar-refractivity contribution in [2.45, 2.75) is 38.2 Å². The minimum Gasteiger partial charge on any atom is -0.457 e. The molecule has 1 atom stereocenters. The summed E-state index contributed by atoms with van der Waals surface area (Å²) in [5.74, 6) is 1.53. The molecule has 174 valence electrons. The molecule has 5 rings (SSSR count). The summed E-state index contributed by atoms with van der Waals surface area (Å²) < 4.78 is 25.2. The van der Waals surface area contributed by atoms with Crippen LogP contribution in [0, 0.1) is 5.82 Å². The summed E-state index contributed by atoms with van der Waals surface area (Å²) in [6, 6.07) is 17.1. The van der Waals surface area contributed by atoms with Crippen molar-refractivity contribution in [1.29, 1.82) is 0 Å². The van der Waals surface area contributed by atoms with Gasteiger partial charge >= 0.3 is 0 Å². The Morgan fingerprint density at radius 3 is 2.35 bits per heavy atom. The van der Waals surface area contributed by atoms with Crippen molar-refractivity contribution >= 4 is 16.9 Å². The first-order valence-corrected chi connectivity index (χ1v) is 11.5. The van der Waals surface area contributed by atoms with Crippen LogP contribution >= 0.6 is 0 Å². The number of hydrogen-bond donors (Lipinski definition) is 2. The predicted molar refractivity (Wildman–Crippen MR) is 129 cm³/mol. The second kappa shape index (κ2) is 8.95. The fourth-order valence-corrected chi connectivity index (χ4v) is 4.34. The van der Waals surface area contributed by atoms with E-state index in [1.54, 1.807) is 38.2 Å². The van der Waals surface area contributed by atoms with E-state index in [9.17, 15) is 14.3 Å². The molecule has 34 heavy (non-hydrogen) atoms. The summed E-state index contributed by atoms with van der Waals surface area (Å²) in [5, 5.41) is 13.5. The summed E-state index contributed by atoms with van der Waals surface area (Å²) in [6.07, 6.45) is 2.32. The largest absolute Gasteiger partial charge is 0.457 e. The van der Waals surface area contributed by atoms with Gasteiger partial charge in [0.15, 0.2) is 0 Å². The Morgan fingerprint density at radius 2 is 1.76 bits per heavy atom. The second-order valence-electron chi connectivity index (χ2n) is 8.84. The molecule has 0 bridgehead atoms. The van der Waals surface area contributed by atoms with Crippen molar-refractivity contribution in [2.75, 3.05) is 7.05 Å². The van der Waals surface area contributed by atoms with Crippen LogP contribution in [0.5, 0.6) is 11.5 Å². The van der Waals surface area contributed by atoms with Gasteiger partial charge in [0, 0.05) is 18.0 Å². The average Bonchev–Trinajstić information content (AvgIpc) is 3.60. The molecule has 6 heteroatoms. The van der Waals surface area contributed by atoms with Gasteiger partial charge in [0.1, 0.15) is 28.7 Å². The van der Waals surface area contributed by atoms with Crippen LogP contribution in [-0.2, 0) is 6.42 Å². The highest BCUT2D eigenvalue weighted by Gasteiger charge is 2.29. The van der Waals surface area contributed by atoms with Gasteiger partial charge in [0.05, 0.1) is 11.7 Å². The molecule has 1 aliphatic carbocycles. The van der Waals surface area contributed by atoms with Gasteiger partial charge in [-0.1, -0.05) is 0 Å². The van der Waals surface area contributed by atoms with Crippen LogP contribution in [-0.4, -0.2) is 24.2 Å². The zero-order chi connectivity index (χ0) is 23.8. The molecule has 1 aromatic heterocycles. The molecular formula is C28H26FNO4. The van der Waals surface area contributed by atoms with Crippen LogP contribution in [0.3, 0.4) is 0 Å². The number of nitrogens with one attached hydrogen (secondary N) is 1. The standard InChI is InChI=1S/C28H26FNO4/c1-16(31)13-19-14-25-24(15-23(19)17-3-4-17)26(28(32)30-2)27(34-25)18-5-9-21(10-6-18)33-22-11-7-20(29)8-12-22/h5-12,14-17,31H,3-4,13H2,1-2H3,(H,30,32). The van der Waals surface area contributed by atoms with E-state index in [1.807, 2.05) is 18.2 Å². The SMILES string of the molecule is CNC(=O)c1c(-c2ccc(Oc3ccc(F)cc3)cc2)oc2cc(CC(C)O)c(C3CC3)cc12. The third-order valence-corrected chi connectivity index (χ3v) is 6.10. The van der Waals surface area contributed by atoms with Crippen molar-refractivity contribution in [1.82, 2.24) is 5.32 Å². The lowest BCUT2D eigenvalue weighted by Gasteiger charge is -2.11. The Bertz CT molecular complexity index is 1340. The van der Waals surface area contributed by atoms with Crippen molar-refractivity contribution in [3.05, 3.63) is 83.2 Å². The number of ether oxygens (including phenoxy) is 1. The molecule has 1 amide bonds. The molecule has 3 aromatic carbocycles. The molecule has 0 radical (unpaired) electrons. The van der Waals surface area contributed by atoms with Gasteiger partial charge < -0.3 is 19.6 Å². The van der Waals surface area contributed by atoms with Crippen LogP contribution in [0.2, 0.25) is 0 Å². The maximum absolute atomic E-state index is 13.1. The Hall–Kier alpha value is -3.64. The van der Waals surface area contributed by atoms with Crippen LogP contribution in [0.25, 0.3) is 22.3 Å². The zero-order valence-corrected chi connectivity index (χ0v) is 19.1. The number of carbonyl (C=O) groups excluding carboxylic acids is 1. The number of hydrogen-bond acceptors (Lipinski definition) is 4. The number of aliphatic hydroxyl groups excluding tert-OH is 1. The molecule has 1 heterocycles. The third kappa shape index (κ3) is 4.41. The fourth-order valence-electron chi connectivity index (χ4n) is 4.34. The number of furan rings is 1. The maximum atomic E-state index is 13.1. The lowest BCUT2D eigenvalue weighted by Crippen LogP contribution is -2.18. The number of amides is 1. The Balaban J connectivity index is 1.55. The average molecular weight is 460 g/mol. The van der Waals surface area contributed by atoms with Crippen molar-refractivity contribution in [3.8, 4) is 22.8 Å². The van der Waals surface area contributed by atoms with E-state index in [0.717, 1.165) is 29.4 Å². The van der Waals surface area contributed by atoms with E-state index in [0.29, 0.717) is 40.7 Å². The van der Waals surface area contributed by atoms with E-state index in [1.165, 1.54) is 17.7 Å². The summed E-state index contributed by atoms with van der Waals surface area (Å²) in [4.78, 5) is 12.9. The minimum absolute atomic E-state index is 0.217. The highest BCUT2D eigenvalue weighted by atomic mass is 19.1. The maximum Gasteiger partial charge on any atom is 0.255 e. The second-order valence-corrected chi connectivity index (χ2v) is 8.84. The Labute approximate surface area is 197 Å². The van der Waals surface area contributed by atoms with Crippen LogP contribution in [0.15, 0.2) is 65.1 Å². The molecule has 0 spiro atoms. The summed E-state index contributed by atoms with van der Waals surface area (Å²) >= 11 is 0. The lowest BCUT2D eigenvalue weighted by atomic mass is 9.95. The summed E-state index contributed by atoms with van der Waals surface area (Å²) in [5.41, 5.74) is 4.12. The first-order chi connectivity index (χ1) is 16.4. The van der Waals surface area contributed by atoms with Gasteiger partial charge in [-0.3, -0.25) is 4.79 Å². The highest BCUT2D eigenvalue weighted by molar-refractivity contribution is 6.11. The third-order valence-electron chi connectivity index (χ3n) is 6.10. The summed E-state index contributed by atoms with van der Waals surface area (Å²) in [6.45, 7) is 1.78. The van der Waals surface area contributed by atoms with Gasteiger partial charge in [-0.15, -0.1) is 0 Å². The van der Waals surface area contributed by atoms with Crippen molar-refractivity contribution < 1.29 is 23.4 Å². The molecule has 2 N–H and O–H groups in total. The Kier molecular flexibility index (Phi) is 5.84. The van der Waals surface area contributed by atoms with Gasteiger partial charge in [-0.2, -0.15) is 0 Å². The molecule has 1 aliphatic rings. The molecule has 0 saturated heterocycles. The van der Waals surface area contributed by atoms with Gasteiger partial charge in [-0.25, -0.2) is 4.39 Å². The Morgan fingerprint density at radius 1 is 1.12 bits per heavy atom. The molecule has 1 saturated carbocycles. The van der Waals surface area contributed by atoms with E-state index < -0.39 is 6.10 Å². The van der Waals surface area contributed by atoms with Crippen LogP contribution < -0.4 is 10.1 Å². The predicted octanol–water partition coefficient (Wildman–Crippen LogP) is 6.19. The zero-order valence-electron chi connectivity index (χ0n) is 19.1. The monoisotopic (exact) mass is 459 g/mol. The number of rotatable bonds is 7. The first kappa shape index (κ1) is 22.2. The smallest absolute Gasteiger partial charge is 0.255 e. The van der Waals surface area contributed by atoms with Crippen LogP contribution in [0.1, 0.15) is 47.2 Å². The normalized spacial score (nSPS) is 14.2. The topological polar surface area (TPSA) is 71.7 Å². The number of carbonyl (C=O) groups is 1. The van der Waals surface area contributed by atoms with Gasteiger partial charge in [-0.05, 0) is 104 Å². The lowest BCUT2D eigenvalue weighted by molar-refractivity contribution is 0.0964. The van der Waals surface area contributed by atoms with Crippen molar-refractivity contribution in [3.63, 3.8) is 0 Å². The molecule has 1 unspecified atom stereocenters. The molecule has 4 aromatic rings. The van der Waals surface area contributed by atoms with Crippen molar-refractivity contribution in [2.24, 2.45) is 0 Å². The number of halogens is 1. The number of aliphatic hydroxyl groups is 1. The number of benzene rings is 3. The molecule has 0 aliphatic heterocycles. The van der Waals surface area contributed by atoms with E-state index >= 15 is 0 Å². The highest BCUT2D eigenvalue weighted by Crippen LogP contribution is 2.45. The number of fused-ring (bicyclic) bond motifs is 1. The van der Waals surface area contributed by atoms with Crippen LogP contribution in [0.4, 0.5) is 4.39 Å². The van der Waals surface area contributed by atoms with Gasteiger partial charge in [0.2, 0.25) is 0 Å². The van der Waals surface area contributed by atoms with E-state index in [4.69, 9.17) is 9.15 Å². The van der Waals surface area contributed by atoms with Gasteiger partial charge in [0.25, 0.3) is 5.91 Å². The quantitative estimate of drug-likeness (QED) is 0.346. The summed E-state index contributed by atoms with van der Waals surface area (Å²) in [7, 11) is 1.61.